The minimum atomic E-state index is 0.560. The van der Waals surface area contributed by atoms with E-state index in [9.17, 15) is 0 Å². The van der Waals surface area contributed by atoms with Crippen molar-refractivity contribution in [1.29, 1.82) is 0 Å². The number of allylic oxidation sites excluding steroid dienone is 18. The highest BCUT2D eigenvalue weighted by molar-refractivity contribution is 6.23. The third-order valence-electron chi connectivity index (χ3n) is 12.1. The van der Waals surface area contributed by atoms with E-state index in [1.807, 2.05) is 0 Å². The summed E-state index contributed by atoms with van der Waals surface area (Å²) >= 11 is 0. The van der Waals surface area contributed by atoms with Crippen LogP contribution in [0.2, 0.25) is 0 Å². The molecule has 0 nitrogen and oxygen atoms in total. The smallest absolute Gasteiger partial charge is 0.00296 e. The molecule has 0 amide bonds. The fourth-order valence-electron chi connectivity index (χ4n) is 9.71. The second kappa shape index (κ2) is 11.5. The zero-order chi connectivity index (χ0) is 31.6. The van der Waals surface area contributed by atoms with Crippen LogP contribution in [0.5, 0.6) is 0 Å². The minimum absolute atomic E-state index is 0.560. The lowest BCUT2D eigenvalue weighted by atomic mass is 9.73. The van der Waals surface area contributed by atoms with Crippen molar-refractivity contribution in [2.45, 2.75) is 64.2 Å². The van der Waals surface area contributed by atoms with Crippen LogP contribution in [0.25, 0.3) is 44.0 Å². The zero-order valence-corrected chi connectivity index (χ0v) is 27.8. The van der Waals surface area contributed by atoms with Gasteiger partial charge in [0, 0.05) is 0 Å². The van der Waals surface area contributed by atoms with Gasteiger partial charge in [-0.25, -0.2) is 0 Å². The molecule has 4 aromatic rings. The van der Waals surface area contributed by atoms with Gasteiger partial charge in [-0.2, -0.15) is 0 Å². The predicted molar refractivity (Wildman–Crippen MR) is 206 cm³/mol. The SMILES string of the molecule is C1=CCC(C2C=C(C3=CCCC=C3)C=C(C3=CC4=C(C=C(c5ccc6c7c(c8cccc9cccc6c98)CCC=c57)CC4)CC3)C2)C=C1. The molecule has 4 aromatic carbocycles. The molecule has 0 fully saturated rings. The molecule has 234 valence electrons. The van der Waals surface area contributed by atoms with Crippen LogP contribution in [0.3, 0.4) is 0 Å². The van der Waals surface area contributed by atoms with Crippen LogP contribution in [0, 0.1) is 11.8 Å². The molecule has 0 spiro atoms. The first-order valence-electron chi connectivity index (χ1n) is 18.4. The third-order valence-corrected chi connectivity index (χ3v) is 12.1. The van der Waals surface area contributed by atoms with E-state index in [4.69, 9.17) is 0 Å². The number of aryl methyl sites for hydroxylation is 1. The second-order valence-electron chi connectivity index (χ2n) is 14.8. The summed E-state index contributed by atoms with van der Waals surface area (Å²) in [6.45, 7) is 0. The van der Waals surface area contributed by atoms with Crippen LogP contribution < -0.4 is 5.22 Å². The van der Waals surface area contributed by atoms with Crippen molar-refractivity contribution in [3.05, 3.63) is 165 Å². The van der Waals surface area contributed by atoms with Crippen molar-refractivity contribution < 1.29 is 0 Å². The van der Waals surface area contributed by atoms with Crippen molar-refractivity contribution >= 4 is 44.0 Å². The standard InChI is InChI=1S/C48H42/c1-3-10-31(11-4-1)38-28-39(32-12-5-2-6-13-32)30-40(29-38)36-21-20-35-27-37(23-22-34(35)26-36)41-24-25-46-44-17-8-15-33-14-7-16-43(47(33)44)45-19-9-18-42(41)48(45)46/h1,3-5,7-8,10,12-18,24-28,30-31,38H,2,6,9,11,19-23,29H2. The van der Waals surface area contributed by atoms with Crippen molar-refractivity contribution in [3.8, 4) is 0 Å². The van der Waals surface area contributed by atoms with E-state index in [0.717, 1.165) is 57.8 Å². The molecule has 6 aliphatic rings. The number of hydrogen-bond donors (Lipinski definition) is 0. The van der Waals surface area contributed by atoms with Gasteiger partial charge < -0.3 is 0 Å². The van der Waals surface area contributed by atoms with Crippen molar-refractivity contribution in [2.24, 2.45) is 11.8 Å². The molecule has 0 saturated heterocycles. The summed E-state index contributed by atoms with van der Waals surface area (Å²) in [6, 6.07) is 18.6. The Morgan fingerprint density at radius 2 is 1.40 bits per heavy atom. The van der Waals surface area contributed by atoms with Crippen LogP contribution in [-0.2, 0) is 6.42 Å². The predicted octanol–water partition coefficient (Wildman–Crippen LogP) is 12.1. The van der Waals surface area contributed by atoms with Crippen LogP contribution >= 0.6 is 0 Å². The lowest BCUT2D eigenvalue weighted by molar-refractivity contribution is 0.467. The summed E-state index contributed by atoms with van der Waals surface area (Å²) in [5.41, 5.74) is 13.7. The Bertz CT molecular complexity index is 2380. The molecule has 0 aliphatic heterocycles. The van der Waals surface area contributed by atoms with Gasteiger partial charge in [0.05, 0.1) is 0 Å². The van der Waals surface area contributed by atoms with Gasteiger partial charge >= 0.3 is 0 Å². The van der Waals surface area contributed by atoms with Crippen molar-refractivity contribution in [2.75, 3.05) is 0 Å². The minimum Gasteiger partial charge on any atom is -0.0839 e. The van der Waals surface area contributed by atoms with Gasteiger partial charge in [0.15, 0.2) is 0 Å². The molecular formula is C48H42. The van der Waals surface area contributed by atoms with Gasteiger partial charge in [-0.1, -0.05) is 121 Å². The third kappa shape index (κ3) is 4.64. The van der Waals surface area contributed by atoms with Gasteiger partial charge in [-0.3, -0.25) is 0 Å². The molecular weight excluding hydrogens is 577 g/mol. The Morgan fingerprint density at radius 3 is 2.23 bits per heavy atom. The van der Waals surface area contributed by atoms with E-state index in [0.29, 0.717) is 11.8 Å². The first kappa shape index (κ1) is 28.3. The van der Waals surface area contributed by atoms with Gasteiger partial charge in [-0.05, 0) is 164 Å². The molecule has 0 N–H and O–H groups in total. The highest BCUT2D eigenvalue weighted by atomic mass is 14.3. The van der Waals surface area contributed by atoms with Crippen molar-refractivity contribution in [1.82, 2.24) is 0 Å². The Kier molecular flexibility index (Phi) is 6.78. The summed E-state index contributed by atoms with van der Waals surface area (Å²) in [5, 5.41) is 10.1. The molecule has 0 radical (unpaired) electrons. The number of fused-ring (bicyclic) bond motifs is 2. The normalized spacial score (nSPS) is 23.5. The lowest BCUT2D eigenvalue weighted by Crippen LogP contribution is -2.18. The zero-order valence-electron chi connectivity index (χ0n) is 27.8. The van der Waals surface area contributed by atoms with E-state index >= 15 is 0 Å². The van der Waals surface area contributed by atoms with E-state index in [-0.39, 0.29) is 0 Å². The first-order chi connectivity index (χ1) is 23.8. The molecule has 0 bridgehead atoms. The summed E-state index contributed by atoms with van der Waals surface area (Å²) in [7, 11) is 0. The molecule has 0 aromatic heterocycles. The Balaban J connectivity index is 1.03. The van der Waals surface area contributed by atoms with E-state index in [1.165, 1.54) is 66.2 Å². The number of rotatable bonds is 4. The molecule has 0 heteroatoms. The van der Waals surface area contributed by atoms with Crippen LogP contribution in [-0.4, -0.2) is 0 Å². The Labute approximate surface area is 284 Å². The van der Waals surface area contributed by atoms with Crippen LogP contribution in [0.1, 0.15) is 68.9 Å². The maximum atomic E-state index is 2.60. The Hall–Kier alpha value is -4.68. The second-order valence-corrected chi connectivity index (χ2v) is 14.8. The summed E-state index contributed by atoms with van der Waals surface area (Å²) in [4.78, 5) is 0. The summed E-state index contributed by atoms with van der Waals surface area (Å²) in [5.74, 6) is 1.15. The largest absolute Gasteiger partial charge is 0.0839 e. The topological polar surface area (TPSA) is 0 Å². The first-order valence-corrected chi connectivity index (χ1v) is 18.4. The number of benzene rings is 4. The Morgan fingerprint density at radius 1 is 0.562 bits per heavy atom. The number of hydrogen-bond acceptors (Lipinski definition) is 0. The van der Waals surface area contributed by atoms with Crippen LogP contribution in [0.4, 0.5) is 0 Å². The summed E-state index contributed by atoms with van der Waals surface area (Å²) < 4.78 is 0. The monoisotopic (exact) mass is 618 g/mol. The molecule has 10 rings (SSSR count). The molecule has 2 atom stereocenters. The molecule has 0 heterocycles. The van der Waals surface area contributed by atoms with Gasteiger partial charge in [0.25, 0.3) is 0 Å². The van der Waals surface area contributed by atoms with Gasteiger partial charge in [0.1, 0.15) is 0 Å². The van der Waals surface area contributed by atoms with E-state index in [1.54, 1.807) is 27.9 Å². The van der Waals surface area contributed by atoms with Gasteiger partial charge in [-0.15, -0.1) is 0 Å². The maximum absolute atomic E-state index is 2.60. The maximum Gasteiger partial charge on any atom is -0.00296 e. The average Bonchev–Trinajstić information content (AvgIpc) is 3.17. The fourth-order valence-corrected chi connectivity index (χ4v) is 9.71. The lowest BCUT2D eigenvalue weighted by Gasteiger charge is -2.31. The highest BCUT2D eigenvalue weighted by Gasteiger charge is 2.27. The van der Waals surface area contributed by atoms with E-state index < -0.39 is 0 Å². The van der Waals surface area contributed by atoms with E-state index in [2.05, 4.69) is 121 Å². The van der Waals surface area contributed by atoms with Crippen LogP contribution in [0.15, 0.2) is 149 Å². The fraction of sp³-hybridized carbons (Fsp3) is 0.250. The van der Waals surface area contributed by atoms with Crippen molar-refractivity contribution in [3.63, 3.8) is 0 Å². The molecule has 6 aliphatic carbocycles. The van der Waals surface area contributed by atoms with Gasteiger partial charge in [0.2, 0.25) is 0 Å². The average molecular weight is 619 g/mol. The quantitative estimate of drug-likeness (QED) is 0.158. The molecule has 2 unspecified atom stereocenters. The highest BCUT2D eigenvalue weighted by Crippen LogP contribution is 2.44. The molecule has 0 saturated carbocycles. The summed E-state index contributed by atoms with van der Waals surface area (Å²) in [6.07, 6.45) is 40.7. The molecule has 48 heavy (non-hydrogen) atoms.